The Morgan fingerprint density at radius 2 is 1.70 bits per heavy atom. The van der Waals surface area contributed by atoms with E-state index in [0.717, 1.165) is 19.3 Å². The molecule has 4 heteroatoms. The summed E-state index contributed by atoms with van der Waals surface area (Å²) in [7, 11) is 0. The molecule has 20 heavy (non-hydrogen) atoms. The zero-order chi connectivity index (χ0) is 14.5. The topological polar surface area (TPSA) is 62.5 Å². The number of aromatic nitrogens is 1. The maximum absolute atomic E-state index is 12.1. The first-order valence-corrected chi connectivity index (χ1v) is 7.20. The highest BCUT2D eigenvalue weighted by Gasteiger charge is 2.14. The van der Waals surface area contributed by atoms with Crippen LogP contribution in [0, 0.1) is 0 Å². The first kappa shape index (κ1) is 14.4. The second-order valence-electron chi connectivity index (χ2n) is 5.09. The van der Waals surface area contributed by atoms with E-state index in [1.54, 1.807) is 22.8 Å². The predicted octanol–water partition coefficient (Wildman–Crippen LogP) is 3.38. The molecule has 2 N–H and O–H groups in total. The maximum atomic E-state index is 12.1. The van der Waals surface area contributed by atoms with Crippen LogP contribution in [0.25, 0.3) is 10.9 Å². The fourth-order valence-corrected chi connectivity index (χ4v) is 2.47. The second kappa shape index (κ2) is 6.46. The third-order valence-corrected chi connectivity index (χ3v) is 3.61. The number of pyridine rings is 1. The first-order chi connectivity index (χ1) is 9.66. The predicted molar refractivity (Wildman–Crippen MR) is 80.3 cm³/mol. The summed E-state index contributed by atoms with van der Waals surface area (Å²) in [6.07, 6.45) is 5.51. The molecule has 0 fully saturated rings. The standard InChI is InChI=1S/C16H21NO3/c1-2-3-4-5-8-11-17-13-10-7-6-9-12(13)14(18)15(19)16(17)20/h6-7,9-10,18-19H,2-5,8,11H2,1H3. The summed E-state index contributed by atoms with van der Waals surface area (Å²) in [5.41, 5.74) is 0.153. The number of rotatable bonds is 6. The lowest BCUT2D eigenvalue weighted by molar-refractivity contribution is 0.396. The van der Waals surface area contributed by atoms with Crippen LogP contribution in [0.3, 0.4) is 0 Å². The summed E-state index contributed by atoms with van der Waals surface area (Å²) in [6.45, 7) is 2.73. The zero-order valence-corrected chi connectivity index (χ0v) is 11.8. The molecule has 2 aromatic rings. The minimum Gasteiger partial charge on any atom is -0.504 e. The molecule has 1 aromatic heterocycles. The molecule has 0 spiro atoms. The van der Waals surface area contributed by atoms with Crippen molar-refractivity contribution in [3.8, 4) is 11.5 Å². The number of fused-ring (bicyclic) bond motifs is 1. The van der Waals surface area contributed by atoms with Gasteiger partial charge in [-0.3, -0.25) is 4.79 Å². The SMILES string of the molecule is CCCCCCCn1c(=O)c(O)c(O)c2ccccc21. The minimum absolute atomic E-state index is 0.326. The fourth-order valence-electron chi connectivity index (χ4n) is 2.47. The largest absolute Gasteiger partial charge is 0.504 e. The molecule has 0 bridgehead atoms. The van der Waals surface area contributed by atoms with Gasteiger partial charge in [0.25, 0.3) is 5.56 Å². The molecule has 1 aromatic carbocycles. The summed E-state index contributed by atoms with van der Waals surface area (Å²) in [6, 6.07) is 7.10. The van der Waals surface area contributed by atoms with Gasteiger partial charge in [0.2, 0.25) is 5.75 Å². The number of unbranched alkanes of at least 4 members (excludes halogenated alkanes) is 4. The van der Waals surface area contributed by atoms with Gasteiger partial charge < -0.3 is 14.8 Å². The normalized spacial score (nSPS) is 11.1. The molecular formula is C16H21NO3. The van der Waals surface area contributed by atoms with E-state index >= 15 is 0 Å². The summed E-state index contributed by atoms with van der Waals surface area (Å²) in [4.78, 5) is 12.1. The van der Waals surface area contributed by atoms with Crippen molar-refractivity contribution in [3.05, 3.63) is 34.6 Å². The molecule has 0 radical (unpaired) electrons. The Bertz CT molecular complexity index is 646. The highest BCUT2D eigenvalue weighted by molar-refractivity contribution is 5.87. The first-order valence-electron chi connectivity index (χ1n) is 7.20. The molecular weight excluding hydrogens is 254 g/mol. The quantitative estimate of drug-likeness (QED) is 0.794. The number of aryl methyl sites for hydroxylation is 1. The highest BCUT2D eigenvalue weighted by atomic mass is 16.3. The number of aromatic hydroxyl groups is 2. The van der Waals surface area contributed by atoms with Crippen LogP contribution in [0.4, 0.5) is 0 Å². The molecule has 0 aliphatic rings. The molecule has 2 rings (SSSR count). The van der Waals surface area contributed by atoms with Crippen LogP contribution in [-0.2, 0) is 6.54 Å². The number of hydrogen-bond donors (Lipinski definition) is 2. The lowest BCUT2D eigenvalue weighted by atomic mass is 10.1. The van der Waals surface area contributed by atoms with Gasteiger partial charge in [0.05, 0.1) is 5.52 Å². The van der Waals surface area contributed by atoms with Gasteiger partial charge in [-0.1, -0.05) is 44.7 Å². The fraction of sp³-hybridized carbons (Fsp3) is 0.438. The summed E-state index contributed by atoms with van der Waals surface area (Å²) >= 11 is 0. The van der Waals surface area contributed by atoms with Crippen molar-refractivity contribution < 1.29 is 10.2 Å². The van der Waals surface area contributed by atoms with Gasteiger partial charge in [-0.2, -0.15) is 0 Å². The van der Waals surface area contributed by atoms with Crippen molar-refractivity contribution >= 4 is 10.9 Å². The number of para-hydroxylation sites is 1. The van der Waals surface area contributed by atoms with Crippen LogP contribution in [-0.4, -0.2) is 14.8 Å². The van der Waals surface area contributed by atoms with Crippen molar-refractivity contribution in [2.45, 2.75) is 45.6 Å². The Hall–Kier alpha value is -1.97. The lowest BCUT2D eigenvalue weighted by Crippen LogP contribution is -2.20. The van der Waals surface area contributed by atoms with Crippen molar-refractivity contribution in [2.24, 2.45) is 0 Å². The number of benzene rings is 1. The smallest absolute Gasteiger partial charge is 0.297 e. The van der Waals surface area contributed by atoms with E-state index in [4.69, 9.17) is 0 Å². The molecule has 0 unspecified atom stereocenters. The Balaban J connectivity index is 2.30. The summed E-state index contributed by atoms with van der Waals surface area (Å²) in [5.74, 6) is -0.884. The third-order valence-electron chi connectivity index (χ3n) is 3.61. The van der Waals surface area contributed by atoms with E-state index in [1.807, 2.05) is 6.07 Å². The van der Waals surface area contributed by atoms with Gasteiger partial charge in [-0.05, 0) is 18.6 Å². The van der Waals surface area contributed by atoms with E-state index in [0.29, 0.717) is 17.4 Å². The molecule has 0 atom stereocenters. The molecule has 1 heterocycles. The summed E-state index contributed by atoms with van der Waals surface area (Å²) < 4.78 is 1.55. The minimum atomic E-state index is -0.558. The molecule has 0 saturated carbocycles. The highest BCUT2D eigenvalue weighted by Crippen LogP contribution is 2.30. The molecule has 0 amide bonds. The van der Waals surface area contributed by atoms with E-state index in [-0.39, 0.29) is 5.75 Å². The van der Waals surface area contributed by atoms with Gasteiger partial charge in [-0.25, -0.2) is 0 Å². The van der Waals surface area contributed by atoms with Gasteiger partial charge in [0, 0.05) is 11.9 Å². The van der Waals surface area contributed by atoms with E-state index in [1.165, 1.54) is 12.8 Å². The Labute approximate surface area is 118 Å². The monoisotopic (exact) mass is 275 g/mol. The van der Waals surface area contributed by atoms with Gasteiger partial charge >= 0.3 is 0 Å². The number of nitrogens with zero attached hydrogens (tertiary/aromatic N) is 1. The van der Waals surface area contributed by atoms with Crippen molar-refractivity contribution in [1.29, 1.82) is 0 Å². The van der Waals surface area contributed by atoms with E-state index in [9.17, 15) is 15.0 Å². The van der Waals surface area contributed by atoms with E-state index in [2.05, 4.69) is 6.92 Å². The Morgan fingerprint density at radius 3 is 2.45 bits per heavy atom. The Kier molecular flexibility index (Phi) is 4.66. The second-order valence-corrected chi connectivity index (χ2v) is 5.09. The number of hydrogen-bond acceptors (Lipinski definition) is 3. The van der Waals surface area contributed by atoms with Gasteiger partial charge in [-0.15, -0.1) is 0 Å². The molecule has 0 aliphatic heterocycles. The van der Waals surface area contributed by atoms with Crippen LogP contribution in [0.5, 0.6) is 11.5 Å². The van der Waals surface area contributed by atoms with Crippen molar-refractivity contribution in [2.75, 3.05) is 0 Å². The van der Waals surface area contributed by atoms with Gasteiger partial charge in [0.15, 0.2) is 5.75 Å². The lowest BCUT2D eigenvalue weighted by Gasteiger charge is -2.12. The van der Waals surface area contributed by atoms with Gasteiger partial charge in [0.1, 0.15) is 0 Å². The average molecular weight is 275 g/mol. The molecule has 4 nitrogen and oxygen atoms in total. The summed E-state index contributed by atoms with van der Waals surface area (Å²) in [5, 5.41) is 20.1. The van der Waals surface area contributed by atoms with E-state index < -0.39 is 11.3 Å². The molecule has 0 saturated heterocycles. The van der Waals surface area contributed by atoms with Crippen LogP contribution >= 0.6 is 0 Å². The van der Waals surface area contributed by atoms with Crippen molar-refractivity contribution in [3.63, 3.8) is 0 Å². The van der Waals surface area contributed by atoms with Crippen LogP contribution in [0.2, 0.25) is 0 Å². The van der Waals surface area contributed by atoms with Crippen molar-refractivity contribution in [1.82, 2.24) is 4.57 Å². The Morgan fingerprint density at radius 1 is 1.00 bits per heavy atom. The third kappa shape index (κ3) is 2.79. The van der Waals surface area contributed by atoms with Crippen LogP contribution < -0.4 is 5.56 Å². The maximum Gasteiger partial charge on any atom is 0.297 e. The van der Waals surface area contributed by atoms with Crippen LogP contribution in [0.15, 0.2) is 29.1 Å². The molecule has 0 aliphatic carbocycles. The zero-order valence-electron chi connectivity index (χ0n) is 11.8. The molecule has 108 valence electrons. The average Bonchev–Trinajstić information content (AvgIpc) is 2.48. The van der Waals surface area contributed by atoms with Crippen LogP contribution in [0.1, 0.15) is 39.0 Å².